The SMILES string of the molecule is COc1ccc(/C=c2\sc3nc(C4COc5ccccc5O4)nn3c2=O)cc1OC. The van der Waals surface area contributed by atoms with E-state index in [-0.39, 0.29) is 12.2 Å². The summed E-state index contributed by atoms with van der Waals surface area (Å²) in [6, 6.07) is 12.9. The van der Waals surface area contributed by atoms with Crippen LogP contribution in [0, 0.1) is 0 Å². The topological polar surface area (TPSA) is 84.2 Å². The van der Waals surface area contributed by atoms with Gasteiger partial charge in [-0.15, -0.1) is 5.10 Å². The second-order valence-corrected chi connectivity index (χ2v) is 7.57. The number of aromatic nitrogens is 3. The molecule has 5 rings (SSSR count). The lowest BCUT2D eigenvalue weighted by Gasteiger charge is -2.24. The summed E-state index contributed by atoms with van der Waals surface area (Å²) in [6.45, 7) is 0.285. The summed E-state index contributed by atoms with van der Waals surface area (Å²) < 4.78 is 24.1. The number of rotatable bonds is 4. The Morgan fingerprint density at radius 2 is 1.93 bits per heavy atom. The van der Waals surface area contributed by atoms with E-state index in [4.69, 9.17) is 18.9 Å². The van der Waals surface area contributed by atoms with Crippen molar-refractivity contribution in [3.8, 4) is 23.0 Å². The molecule has 2 aromatic carbocycles. The molecular formula is C21H17N3O5S. The van der Waals surface area contributed by atoms with Gasteiger partial charge >= 0.3 is 0 Å². The third kappa shape index (κ3) is 3.13. The van der Waals surface area contributed by atoms with Crippen LogP contribution < -0.4 is 29.0 Å². The normalized spacial score (nSPS) is 16.1. The average Bonchev–Trinajstić information content (AvgIpc) is 3.32. The van der Waals surface area contributed by atoms with Crippen molar-refractivity contribution in [2.45, 2.75) is 6.10 Å². The van der Waals surface area contributed by atoms with Crippen molar-refractivity contribution in [1.82, 2.24) is 14.6 Å². The van der Waals surface area contributed by atoms with Gasteiger partial charge in [0.2, 0.25) is 4.96 Å². The molecule has 0 saturated heterocycles. The molecule has 0 radical (unpaired) electrons. The summed E-state index contributed by atoms with van der Waals surface area (Å²) in [5.74, 6) is 2.96. The van der Waals surface area contributed by atoms with Gasteiger partial charge in [0.05, 0.1) is 18.8 Å². The van der Waals surface area contributed by atoms with Crippen molar-refractivity contribution >= 4 is 22.4 Å². The van der Waals surface area contributed by atoms with Gasteiger partial charge in [-0.1, -0.05) is 29.5 Å². The molecule has 8 nitrogen and oxygen atoms in total. The van der Waals surface area contributed by atoms with Crippen LogP contribution in [-0.2, 0) is 0 Å². The molecule has 0 spiro atoms. The van der Waals surface area contributed by atoms with Gasteiger partial charge in [-0.25, -0.2) is 0 Å². The zero-order valence-electron chi connectivity index (χ0n) is 16.2. The highest BCUT2D eigenvalue weighted by Gasteiger charge is 2.27. The van der Waals surface area contributed by atoms with Gasteiger partial charge in [-0.2, -0.15) is 9.50 Å². The number of hydrogen-bond donors (Lipinski definition) is 0. The van der Waals surface area contributed by atoms with Gasteiger partial charge in [0, 0.05) is 0 Å². The van der Waals surface area contributed by atoms with Crippen LogP contribution in [0.5, 0.6) is 23.0 Å². The molecular weight excluding hydrogens is 406 g/mol. The fraction of sp³-hybridized carbons (Fsp3) is 0.190. The molecule has 0 amide bonds. The Balaban J connectivity index is 1.48. The number of hydrogen-bond acceptors (Lipinski definition) is 8. The zero-order chi connectivity index (χ0) is 20.7. The van der Waals surface area contributed by atoms with Crippen molar-refractivity contribution in [1.29, 1.82) is 0 Å². The number of ether oxygens (including phenoxy) is 4. The minimum absolute atomic E-state index is 0.235. The standard InChI is InChI=1S/C21H17N3O5S/c1-26-13-8-7-12(9-16(13)27-2)10-18-20(25)24-21(30-18)22-19(23-24)17-11-28-14-5-3-4-6-15(14)29-17/h3-10,17H,11H2,1-2H3/b18-10-. The highest BCUT2D eigenvalue weighted by molar-refractivity contribution is 7.15. The van der Waals surface area contributed by atoms with Crippen LogP contribution in [0.4, 0.5) is 0 Å². The summed E-state index contributed by atoms with van der Waals surface area (Å²) >= 11 is 1.27. The second-order valence-electron chi connectivity index (χ2n) is 6.56. The van der Waals surface area contributed by atoms with Crippen LogP contribution >= 0.6 is 11.3 Å². The molecule has 152 valence electrons. The Labute approximate surface area is 174 Å². The summed E-state index contributed by atoms with van der Waals surface area (Å²) in [4.78, 5) is 17.8. The van der Waals surface area contributed by atoms with E-state index in [9.17, 15) is 4.79 Å². The molecule has 9 heteroatoms. The molecule has 1 unspecified atom stereocenters. The summed E-state index contributed by atoms with van der Waals surface area (Å²) in [5, 5.41) is 4.37. The minimum Gasteiger partial charge on any atom is -0.493 e. The van der Waals surface area contributed by atoms with Crippen molar-refractivity contribution < 1.29 is 18.9 Å². The van der Waals surface area contributed by atoms with Gasteiger partial charge in [0.1, 0.15) is 6.61 Å². The maximum Gasteiger partial charge on any atom is 0.291 e. The molecule has 4 aromatic rings. The first-order valence-electron chi connectivity index (χ1n) is 9.18. The van der Waals surface area contributed by atoms with Gasteiger partial charge in [-0.05, 0) is 35.9 Å². The van der Waals surface area contributed by atoms with E-state index in [1.807, 2.05) is 36.4 Å². The predicted molar refractivity (Wildman–Crippen MR) is 111 cm³/mol. The maximum absolute atomic E-state index is 12.8. The molecule has 1 aliphatic heterocycles. The van der Waals surface area contributed by atoms with Crippen molar-refractivity contribution in [2.75, 3.05) is 20.8 Å². The van der Waals surface area contributed by atoms with Crippen LogP contribution in [0.3, 0.4) is 0 Å². The number of thiazole rings is 1. The van der Waals surface area contributed by atoms with Crippen molar-refractivity contribution in [3.05, 3.63) is 68.7 Å². The minimum atomic E-state index is -0.468. The molecule has 0 bridgehead atoms. The molecule has 30 heavy (non-hydrogen) atoms. The third-order valence-corrected chi connectivity index (χ3v) is 5.66. The van der Waals surface area contributed by atoms with Crippen molar-refractivity contribution in [2.24, 2.45) is 0 Å². The third-order valence-electron chi connectivity index (χ3n) is 4.70. The van der Waals surface area contributed by atoms with E-state index in [0.29, 0.717) is 38.3 Å². The van der Waals surface area contributed by atoms with Crippen LogP contribution in [0.15, 0.2) is 47.3 Å². The highest BCUT2D eigenvalue weighted by Crippen LogP contribution is 2.35. The molecule has 2 aromatic heterocycles. The molecule has 0 N–H and O–H groups in total. The van der Waals surface area contributed by atoms with Crippen LogP contribution in [0.25, 0.3) is 11.0 Å². The van der Waals surface area contributed by atoms with E-state index in [0.717, 1.165) is 5.56 Å². The zero-order valence-corrected chi connectivity index (χ0v) is 17.0. The highest BCUT2D eigenvalue weighted by atomic mass is 32.1. The number of methoxy groups -OCH3 is 2. The Bertz CT molecular complexity index is 1350. The molecule has 0 saturated carbocycles. The molecule has 1 atom stereocenters. The Morgan fingerprint density at radius 3 is 2.70 bits per heavy atom. The summed E-state index contributed by atoms with van der Waals surface area (Å²) in [6.07, 6.45) is 1.31. The maximum atomic E-state index is 12.8. The van der Waals surface area contributed by atoms with Gasteiger partial charge < -0.3 is 18.9 Å². The lowest BCUT2D eigenvalue weighted by Crippen LogP contribution is -2.26. The lowest BCUT2D eigenvalue weighted by atomic mass is 10.2. The van der Waals surface area contributed by atoms with Crippen molar-refractivity contribution in [3.63, 3.8) is 0 Å². The van der Waals surface area contributed by atoms with E-state index >= 15 is 0 Å². The number of nitrogens with zero attached hydrogens (tertiary/aromatic N) is 3. The van der Waals surface area contributed by atoms with E-state index in [1.54, 1.807) is 26.4 Å². The smallest absolute Gasteiger partial charge is 0.291 e. The summed E-state index contributed by atoms with van der Waals surface area (Å²) in [5.41, 5.74) is 0.579. The van der Waals surface area contributed by atoms with Gasteiger partial charge in [0.25, 0.3) is 5.56 Å². The van der Waals surface area contributed by atoms with Crippen LogP contribution in [0.1, 0.15) is 17.5 Å². The Kier molecular flexibility index (Phi) is 4.51. The van der Waals surface area contributed by atoms with E-state index in [2.05, 4.69) is 10.1 Å². The van der Waals surface area contributed by atoms with E-state index in [1.165, 1.54) is 15.9 Å². The average molecular weight is 423 g/mol. The molecule has 0 aliphatic carbocycles. The second kappa shape index (κ2) is 7.34. The number of para-hydroxylation sites is 2. The lowest BCUT2D eigenvalue weighted by molar-refractivity contribution is 0.0852. The first kappa shape index (κ1) is 18.4. The van der Waals surface area contributed by atoms with Crippen LogP contribution in [0.2, 0.25) is 0 Å². The fourth-order valence-electron chi connectivity index (χ4n) is 3.23. The quantitative estimate of drug-likeness (QED) is 0.498. The Hall–Kier alpha value is -3.59. The van der Waals surface area contributed by atoms with Gasteiger partial charge in [0.15, 0.2) is 34.9 Å². The number of benzene rings is 2. The predicted octanol–water partition coefficient (Wildman–Crippen LogP) is 2.23. The largest absolute Gasteiger partial charge is 0.493 e. The molecule has 1 aliphatic rings. The molecule has 0 fully saturated rings. The Morgan fingerprint density at radius 1 is 1.13 bits per heavy atom. The van der Waals surface area contributed by atoms with E-state index < -0.39 is 6.10 Å². The fourth-order valence-corrected chi connectivity index (χ4v) is 4.14. The van der Waals surface area contributed by atoms with Crippen LogP contribution in [-0.4, -0.2) is 35.4 Å². The number of fused-ring (bicyclic) bond motifs is 2. The van der Waals surface area contributed by atoms with Gasteiger partial charge in [-0.3, -0.25) is 4.79 Å². The molecule has 3 heterocycles. The summed E-state index contributed by atoms with van der Waals surface area (Å²) in [7, 11) is 3.15. The first-order valence-corrected chi connectivity index (χ1v) is 9.99. The first-order chi connectivity index (χ1) is 14.7. The monoisotopic (exact) mass is 423 g/mol.